The quantitative estimate of drug-likeness (QED) is 0.321. The molecule has 192 valence electrons. The molecule has 0 heterocycles. The summed E-state index contributed by atoms with van der Waals surface area (Å²) in [7, 11) is 0. The summed E-state index contributed by atoms with van der Waals surface area (Å²) >= 11 is 0. The van der Waals surface area contributed by atoms with Crippen molar-refractivity contribution < 1.29 is 35.7 Å². The second-order valence-corrected chi connectivity index (χ2v) is 12.6. The number of rotatable bonds is 5. The Morgan fingerprint density at radius 2 is 1.61 bits per heavy atom. The molecule has 0 aromatic heterocycles. The van der Waals surface area contributed by atoms with Gasteiger partial charge in [-0.2, -0.15) is 0 Å². The van der Waals surface area contributed by atoms with Crippen LogP contribution in [0, 0.1) is 34.5 Å². The molecule has 7 nitrogen and oxygen atoms in total. The van der Waals surface area contributed by atoms with Crippen molar-refractivity contribution in [3.8, 4) is 0 Å². The molecule has 7 N–H and O–H groups in total. The molecule has 0 spiro atoms. The van der Waals surface area contributed by atoms with Crippen LogP contribution >= 0.6 is 0 Å². The summed E-state index contributed by atoms with van der Waals surface area (Å²) in [5.41, 5.74) is -4.86. The van der Waals surface area contributed by atoms with E-state index in [9.17, 15) is 35.7 Å². The third-order valence-electron chi connectivity index (χ3n) is 11.2. The Balaban J connectivity index is 1.69. The van der Waals surface area contributed by atoms with Gasteiger partial charge in [0, 0.05) is 17.8 Å². The van der Waals surface area contributed by atoms with E-state index in [-0.39, 0.29) is 24.4 Å². The molecule has 0 radical (unpaired) electrons. The van der Waals surface area contributed by atoms with Crippen molar-refractivity contribution in [2.75, 3.05) is 0 Å². The lowest BCUT2D eigenvalue weighted by molar-refractivity contribution is -0.337. The highest BCUT2D eigenvalue weighted by Gasteiger charge is 2.78. The van der Waals surface area contributed by atoms with Gasteiger partial charge in [0.2, 0.25) is 0 Å². The Hall–Kier alpha value is -0.280. The highest BCUT2D eigenvalue weighted by atomic mass is 16.4. The summed E-state index contributed by atoms with van der Waals surface area (Å²) in [5, 5.41) is 78.1. The lowest BCUT2D eigenvalue weighted by atomic mass is 9.40. The van der Waals surface area contributed by atoms with Crippen molar-refractivity contribution in [1.82, 2.24) is 0 Å². The topological polar surface area (TPSA) is 142 Å². The van der Waals surface area contributed by atoms with Crippen LogP contribution < -0.4 is 0 Å². The van der Waals surface area contributed by atoms with Crippen LogP contribution in [0.5, 0.6) is 0 Å². The van der Waals surface area contributed by atoms with Gasteiger partial charge in [-0.05, 0) is 74.5 Å². The number of aliphatic hydroxyl groups is 7. The van der Waals surface area contributed by atoms with E-state index in [2.05, 4.69) is 6.92 Å². The average Bonchev–Trinajstić information content (AvgIpc) is 2.96. The highest BCUT2D eigenvalue weighted by Crippen LogP contribution is 2.71. The molecule has 33 heavy (non-hydrogen) atoms. The second kappa shape index (κ2) is 8.39. The molecule has 0 aromatic carbocycles. The summed E-state index contributed by atoms with van der Waals surface area (Å²) in [6.07, 6.45) is 0.0506. The molecule has 13 atom stereocenters. The van der Waals surface area contributed by atoms with E-state index < -0.39 is 58.3 Å². The molecule has 1 unspecified atom stereocenters. The van der Waals surface area contributed by atoms with Gasteiger partial charge in [-0.25, -0.2) is 0 Å². The second-order valence-electron chi connectivity index (χ2n) is 12.6. The van der Waals surface area contributed by atoms with Crippen molar-refractivity contribution in [3.63, 3.8) is 0 Å². The van der Waals surface area contributed by atoms with Gasteiger partial charge in [-0.15, -0.1) is 0 Å². The van der Waals surface area contributed by atoms with Gasteiger partial charge in [0.05, 0.1) is 30.5 Å². The lowest BCUT2D eigenvalue weighted by Gasteiger charge is -2.69. The van der Waals surface area contributed by atoms with Crippen LogP contribution in [0.1, 0.15) is 85.5 Å². The van der Waals surface area contributed by atoms with Crippen LogP contribution in [0.25, 0.3) is 0 Å². The third-order valence-corrected chi connectivity index (χ3v) is 11.2. The van der Waals surface area contributed by atoms with E-state index in [1.165, 1.54) is 0 Å². The Morgan fingerprint density at radius 3 is 2.24 bits per heavy atom. The number of hydrogen-bond donors (Lipinski definition) is 7. The van der Waals surface area contributed by atoms with Crippen LogP contribution in [0.3, 0.4) is 0 Å². The molecule has 0 saturated heterocycles. The van der Waals surface area contributed by atoms with E-state index in [0.717, 1.165) is 6.42 Å². The van der Waals surface area contributed by atoms with E-state index in [0.29, 0.717) is 44.9 Å². The summed E-state index contributed by atoms with van der Waals surface area (Å²) in [6, 6.07) is 0. The zero-order valence-electron chi connectivity index (χ0n) is 20.7. The first-order valence-corrected chi connectivity index (χ1v) is 13.1. The molecule has 4 saturated carbocycles. The van der Waals surface area contributed by atoms with Crippen LogP contribution in [0.4, 0.5) is 0 Å². The van der Waals surface area contributed by atoms with Crippen LogP contribution in [0.2, 0.25) is 0 Å². The van der Waals surface area contributed by atoms with E-state index in [1.807, 2.05) is 20.8 Å². The zero-order valence-corrected chi connectivity index (χ0v) is 20.7. The molecular formula is C26H46O7. The Kier molecular flexibility index (Phi) is 6.56. The van der Waals surface area contributed by atoms with Gasteiger partial charge in [0.1, 0.15) is 11.2 Å². The first-order valence-electron chi connectivity index (χ1n) is 13.1. The fraction of sp³-hybridized carbons (Fsp3) is 1.00. The predicted octanol–water partition coefficient (Wildman–Crippen LogP) is 1.34. The molecule has 4 aliphatic carbocycles. The van der Waals surface area contributed by atoms with E-state index in [1.54, 1.807) is 0 Å². The van der Waals surface area contributed by atoms with Crippen LogP contribution in [-0.2, 0) is 0 Å². The van der Waals surface area contributed by atoms with Crippen molar-refractivity contribution in [1.29, 1.82) is 0 Å². The molecule has 0 amide bonds. The highest BCUT2D eigenvalue weighted by molar-refractivity contribution is 5.28. The van der Waals surface area contributed by atoms with Crippen molar-refractivity contribution in [2.24, 2.45) is 34.5 Å². The number of hydrogen-bond acceptors (Lipinski definition) is 7. The zero-order chi connectivity index (χ0) is 24.6. The van der Waals surface area contributed by atoms with Crippen molar-refractivity contribution in [3.05, 3.63) is 0 Å². The SMILES string of the molecule is CC[C@@H](O)CC[C@@H](C)[C@H]1C[C@H](O)[C@@]2(O)[C@]3(O)C[C@H](O)[C@H]4[C@@H](O)[C@@H](O)CC[C@]4(C)C3CC[C@]12C. The minimum atomic E-state index is -1.78. The molecule has 4 rings (SSSR count). The van der Waals surface area contributed by atoms with Gasteiger partial charge in [-0.3, -0.25) is 0 Å². The normalized spacial score (nSPS) is 55.9. The van der Waals surface area contributed by atoms with Crippen LogP contribution in [-0.4, -0.2) is 77.5 Å². The summed E-state index contributed by atoms with van der Waals surface area (Å²) < 4.78 is 0. The fourth-order valence-corrected chi connectivity index (χ4v) is 9.28. The van der Waals surface area contributed by atoms with Gasteiger partial charge < -0.3 is 35.7 Å². The maximum atomic E-state index is 12.3. The monoisotopic (exact) mass is 470 g/mol. The third kappa shape index (κ3) is 3.33. The molecule has 0 aromatic rings. The fourth-order valence-electron chi connectivity index (χ4n) is 9.28. The molecular weight excluding hydrogens is 424 g/mol. The summed E-state index contributed by atoms with van der Waals surface area (Å²) in [6.45, 7) is 8.01. The Morgan fingerprint density at radius 1 is 0.939 bits per heavy atom. The molecule has 7 heteroatoms. The van der Waals surface area contributed by atoms with Crippen molar-refractivity contribution >= 4 is 0 Å². The van der Waals surface area contributed by atoms with Gasteiger partial charge in [0.15, 0.2) is 0 Å². The molecule has 4 fully saturated rings. The molecule has 0 aliphatic heterocycles. The first kappa shape index (κ1) is 25.8. The largest absolute Gasteiger partial charge is 0.393 e. The van der Waals surface area contributed by atoms with Crippen LogP contribution in [0.15, 0.2) is 0 Å². The smallest absolute Gasteiger partial charge is 0.125 e. The van der Waals surface area contributed by atoms with Gasteiger partial charge in [0.25, 0.3) is 0 Å². The van der Waals surface area contributed by atoms with Gasteiger partial charge in [-0.1, -0.05) is 27.7 Å². The first-order chi connectivity index (χ1) is 15.3. The maximum absolute atomic E-state index is 12.3. The minimum absolute atomic E-state index is 0.0204. The summed E-state index contributed by atoms with van der Waals surface area (Å²) in [4.78, 5) is 0. The predicted molar refractivity (Wildman–Crippen MR) is 123 cm³/mol. The van der Waals surface area contributed by atoms with Gasteiger partial charge >= 0.3 is 0 Å². The van der Waals surface area contributed by atoms with E-state index >= 15 is 0 Å². The molecule has 4 aliphatic rings. The molecule has 0 bridgehead atoms. The summed E-state index contributed by atoms with van der Waals surface area (Å²) in [5.74, 6) is -0.844. The minimum Gasteiger partial charge on any atom is -0.393 e. The lowest BCUT2D eigenvalue weighted by Crippen LogP contribution is -2.78. The number of aliphatic hydroxyl groups excluding tert-OH is 5. The standard InChI is InChI=1S/C26H46O7/c1-5-15(27)7-6-14(2)16-12-20(30)26(33)24(16,4)11-9-19-23(3)10-8-17(28)22(31)21(23)18(29)13-25(19,26)32/h14-22,27-33H,5-13H2,1-4H3/t14-,15-,16-,17+,18+,19?,20+,21+,22+,23-,24-,25+,26+/m1/s1. The average molecular weight is 471 g/mol. The Labute approximate surface area is 197 Å². The van der Waals surface area contributed by atoms with Crippen molar-refractivity contribution in [2.45, 2.75) is 127 Å². The Bertz CT molecular complexity index is 733. The number of fused-ring (bicyclic) bond motifs is 5. The maximum Gasteiger partial charge on any atom is 0.125 e. The van der Waals surface area contributed by atoms with E-state index in [4.69, 9.17) is 0 Å².